The average molecular weight is 352 g/mol. The highest BCUT2D eigenvalue weighted by atomic mass is 16.1. The normalized spacial score (nSPS) is 11.1. The van der Waals surface area contributed by atoms with Crippen molar-refractivity contribution in [2.45, 2.75) is 0 Å². The molecule has 5 aromatic rings. The van der Waals surface area contributed by atoms with Crippen molar-refractivity contribution in [1.82, 2.24) is 14.4 Å². The zero-order valence-electron chi connectivity index (χ0n) is 14.4. The van der Waals surface area contributed by atoms with Crippen LogP contribution in [0.4, 0.5) is 5.69 Å². The minimum absolute atomic E-state index is 0.224. The van der Waals surface area contributed by atoms with Gasteiger partial charge in [0, 0.05) is 46.3 Å². The number of fused-ring (bicyclic) bond motifs is 2. The lowest BCUT2D eigenvalue weighted by Crippen LogP contribution is -2.11. The lowest BCUT2D eigenvalue weighted by atomic mass is 10.1. The second kappa shape index (κ2) is 6.14. The molecule has 3 aromatic heterocycles. The second-order valence-corrected chi connectivity index (χ2v) is 6.38. The fourth-order valence-electron chi connectivity index (χ4n) is 3.29. The van der Waals surface area contributed by atoms with Crippen molar-refractivity contribution in [3.05, 3.63) is 91.0 Å². The zero-order chi connectivity index (χ0) is 18.2. The molecule has 0 saturated heterocycles. The minimum atomic E-state index is -0.224. The third kappa shape index (κ3) is 2.75. The number of hydrogen-bond donors (Lipinski definition) is 2. The topological polar surface area (TPSA) is 62.2 Å². The molecule has 0 fully saturated rings. The molecule has 5 nitrogen and oxygen atoms in total. The maximum Gasteiger partial charge on any atom is 0.275 e. The summed E-state index contributed by atoms with van der Waals surface area (Å²) in [6.45, 7) is 0. The molecular weight excluding hydrogens is 336 g/mol. The van der Waals surface area contributed by atoms with Gasteiger partial charge in [-0.1, -0.05) is 36.4 Å². The monoisotopic (exact) mass is 352 g/mol. The van der Waals surface area contributed by atoms with Crippen LogP contribution in [0.15, 0.2) is 85.3 Å². The fraction of sp³-hybridized carbons (Fsp3) is 0. The molecule has 0 saturated carbocycles. The number of nitrogens with zero attached hydrogens (tertiary/aromatic N) is 2. The van der Waals surface area contributed by atoms with Crippen LogP contribution in [-0.2, 0) is 0 Å². The average Bonchev–Trinajstić information content (AvgIpc) is 3.32. The lowest BCUT2D eigenvalue weighted by Gasteiger charge is -2.01. The van der Waals surface area contributed by atoms with E-state index in [-0.39, 0.29) is 5.91 Å². The van der Waals surface area contributed by atoms with E-state index in [1.807, 2.05) is 71.4 Å². The summed E-state index contributed by atoms with van der Waals surface area (Å²) in [6, 6.07) is 21.5. The number of carbonyl (C=O) groups excluding carboxylic acids is 1. The van der Waals surface area contributed by atoms with Gasteiger partial charge in [-0.15, -0.1) is 0 Å². The summed E-state index contributed by atoms with van der Waals surface area (Å²) in [5.74, 6) is -0.224. The van der Waals surface area contributed by atoms with E-state index in [4.69, 9.17) is 0 Å². The van der Waals surface area contributed by atoms with Gasteiger partial charge in [0.2, 0.25) is 0 Å². The first-order chi connectivity index (χ1) is 13.3. The zero-order valence-corrected chi connectivity index (χ0v) is 14.4. The van der Waals surface area contributed by atoms with E-state index < -0.39 is 0 Å². The van der Waals surface area contributed by atoms with Crippen LogP contribution in [0.1, 0.15) is 10.5 Å². The van der Waals surface area contributed by atoms with E-state index in [1.54, 1.807) is 6.20 Å². The summed E-state index contributed by atoms with van der Waals surface area (Å²) in [4.78, 5) is 20.2. The van der Waals surface area contributed by atoms with Gasteiger partial charge in [0.25, 0.3) is 5.91 Å². The molecule has 0 bridgehead atoms. The SMILES string of the molecule is O=C(Nc1ccccc1)c1cn2cc(-c3c[nH]c4ccccc34)ccc2n1. The summed E-state index contributed by atoms with van der Waals surface area (Å²) in [6.07, 6.45) is 5.76. The molecule has 5 rings (SSSR count). The van der Waals surface area contributed by atoms with Gasteiger partial charge in [-0.25, -0.2) is 4.98 Å². The Kier molecular flexibility index (Phi) is 3.50. The van der Waals surface area contributed by atoms with Crippen LogP contribution in [-0.4, -0.2) is 20.3 Å². The Balaban J connectivity index is 1.51. The van der Waals surface area contributed by atoms with Crippen LogP contribution in [0.5, 0.6) is 0 Å². The number of amides is 1. The number of hydrogen-bond acceptors (Lipinski definition) is 2. The standard InChI is InChI=1S/C22H16N4O/c27-22(24-16-6-2-1-3-7-16)20-14-26-13-15(10-11-21(26)25-20)18-12-23-19-9-5-4-8-17(18)19/h1-14,23H,(H,24,27). The number of H-pyrrole nitrogens is 1. The first kappa shape index (κ1) is 15.4. The number of imidazole rings is 1. The van der Waals surface area contributed by atoms with Gasteiger partial charge >= 0.3 is 0 Å². The molecule has 3 heterocycles. The summed E-state index contributed by atoms with van der Waals surface area (Å²) in [5.41, 5.74) is 5.15. The highest BCUT2D eigenvalue weighted by Crippen LogP contribution is 2.28. The van der Waals surface area contributed by atoms with Gasteiger partial charge in [-0.05, 0) is 30.3 Å². The van der Waals surface area contributed by atoms with E-state index >= 15 is 0 Å². The molecule has 5 heteroatoms. The van der Waals surface area contributed by atoms with Crippen molar-refractivity contribution in [3.63, 3.8) is 0 Å². The van der Waals surface area contributed by atoms with Crippen LogP contribution in [0.2, 0.25) is 0 Å². The Morgan fingerprint density at radius 3 is 2.63 bits per heavy atom. The van der Waals surface area contributed by atoms with Crippen LogP contribution >= 0.6 is 0 Å². The molecule has 0 aliphatic rings. The summed E-state index contributed by atoms with van der Waals surface area (Å²) in [7, 11) is 0. The largest absolute Gasteiger partial charge is 0.361 e. The van der Waals surface area contributed by atoms with E-state index in [9.17, 15) is 4.79 Å². The number of aromatic nitrogens is 3. The van der Waals surface area contributed by atoms with Gasteiger partial charge in [0.1, 0.15) is 11.3 Å². The molecular formula is C22H16N4O. The number of carbonyl (C=O) groups is 1. The molecule has 27 heavy (non-hydrogen) atoms. The predicted molar refractivity (Wildman–Crippen MR) is 107 cm³/mol. The molecule has 130 valence electrons. The van der Waals surface area contributed by atoms with E-state index in [1.165, 1.54) is 5.39 Å². The molecule has 0 spiro atoms. The Hall–Kier alpha value is -3.86. The number of anilines is 1. The van der Waals surface area contributed by atoms with Crippen molar-refractivity contribution in [2.24, 2.45) is 0 Å². The van der Waals surface area contributed by atoms with Crippen molar-refractivity contribution in [3.8, 4) is 11.1 Å². The molecule has 1 amide bonds. The van der Waals surface area contributed by atoms with Gasteiger partial charge in [0.15, 0.2) is 0 Å². The third-order valence-corrected chi connectivity index (χ3v) is 4.62. The van der Waals surface area contributed by atoms with Crippen LogP contribution < -0.4 is 5.32 Å². The number of nitrogens with one attached hydrogen (secondary N) is 2. The number of para-hydroxylation sites is 2. The van der Waals surface area contributed by atoms with Gasteiger partial charge in [-0.2, -0.15) is 0 Å². The molecule has 0 atom stereocenters. The smallest absolute Gasteiger partial charge is 0.275 e. The Bertz CT molecular complexity index is 1270. The fourth-order valence-corrected chi connectivity index (χ4v) is 3.29. The Morgan fingerprint density at radius 1 is 0.926 bits per heavy atom. The van der Waals surface area contributed by atoms with Gasteiger partial charge < -0.3 is 14.7 Å². The molecule has 2 aromatic carbocycles. The lowest BCUT2D eigenvalue weighted by molar-refractivity contribution is 0.102. The summed E-state index contributed by atoms with van der Waals surface area (Å²) in [5, 5.41) is 4.03. The number of rotatable bonds is 3. The molecule has 2 N–H and O–H groups in total. The first-order valence-electron chi connectivity index (χ1n) is 8.69. The van der Waals surface area contributed by atoms with E-state index in [0.29, 0.717) is 5.69 Å². The van der Waals surface area contributed by atoms with E-state index in [2.05, 4.69) is 27.4 Å². The minimum Gasteiger partial charge on any atom is -0.361 e. The number of aromatic amines is 1. The molecule has 0 aliphatic carbocycles. The summed E-state index contributed by atoms with van der Waals surface area (Å²) >= 11 is 0. The predicted octanol–water partition coefficient (Wildman–Crippen LogP) is 4.73. The van der Waals surface area contributed by atoms with Crippen molar-refractivity contribution >= 4 is 28.1 Å². The van der Waals surface area contributed by atoms with Crippen molar-refractivity contribution < 1.29 is 4.79 Å². The number of pyridine rings is 1. The third-order valence-electron chi connectivity index (χ3n) is 4.62. The highest BCUT2D eigenvalue weighted by molar-refractivity contribution is 6.03. The highest BCUT2D eigenvalue weighted by Gasteiger charge is 2.12. The van der Waals surface area contributed by atoms with Crippen molar-refractivity contribution in [1.29, 1.82) is 0 Å². The second-order valence-electron chi connectivity index (χ2n) is 6.38. The molecule has 0 radical (unpaired) electrons. The summed E-state index contributed by atoms with van der Waals surface area (Å²) < 4.78 is 1.89. The Morgan fingerprint density at radius 2 is 1.74 bits per heavy atom. The van der Waals surface area contributed by atoms with Crippen LogP contribution in [0.3, 0.4) is 0 Å². The van der Waals surface area contributed by atoms with E-state index in [0.717, 1.165) is 28.0 Å². The van der Waals surface area contributed by atoms with Crippen molar-refractivity contribution in [2.75, 3.05) is 5.32 Å². The van der Waals surface area contributed by atoms with Crippen LogP contribution in [0, 0.1) is 0 Å². The first-order valence-corrected chi connectivity index (χ1v) is 8.69. The maximum atomic E-state index is 12.5. The molecule has 0 unspecified atom stereocenters. The Labute approximate surface area is 155 Å². The van der Waals surface area contributed by atoms with Gasteiger partial charge in [-0.3, -0.25) is 4.79 Å². The van der Waals surface area contributed by atoms with Gasteiger partial charge in [0.05, 0.1) is 0 Å². The quantitative estimate of drug-likeness (QED) is 0.493. The number of benzene rings is 2. The molecule has 0 aliphatic heterocycles. The van der Waals surface area contributed by atoms with Crippen LogP contribution in [0.25, 0.3) is 27.7 Å². The maximum absolute atomic E-state index is 12.5.